The number of carbonyl (C=O) groups is 2. The molecule has 2 N–H and O–H groups in total. The van der Waals surface area contributed by atoms with Gasteiger partial charge in [0.15, 0.2) is 0 Å². The number of benzene rings is 3. The first-order valence-electron chi connectivity index (χ1n) is 12.2. The number of hydrogen-bond donors (Lipinski definition) is 2. The van der Waals surface area contributed by atoms with Crippen molar-refractivity contribution in [2.45, 2.75) is 33.7 Å². The van der Waals surface area contributed by atoms with Gasteiger partial charge in [0.05, 0.1) is 17.1 Å². The SMILES string of the molecule is Cc1ccc(-n2nc(C)c(-c3ccccc3)c2NC(=O)CN(C(=O)Nc2ccc(F)cc2F)C(C)C)cc1. The fourth-order valence-electron chi connectivity index (χ4n) is 4.06. The zero-order chi connectivity index (χ0) is 27.4. The Labute approximate surface area is 220 Å². The number of carbonyl (C=O) groups excluding carboxylic acids is 2. The molecule has 0 unspecified atom stereocenters. The first-order valence-corrected chi connectivity index (χ1v) is 12.2. The first kappa shape index (κ1) is 26.5. The summed E-state index contributed by atoms with van der Waals surface area (Å²) in [6.07, 6.45) is 0. The fraction of sp³-hybridized carbons (Fsp3) is 0.207. The molecule has 1 heterocycles. The minimum atomic E-state index is -0.906. The number of anilines is 2. The number of aromatic nitrogens is 2. The van der Waals surface area contributed by atoms with Gasteiger partial charge in [-0.25, -0.2) is 18.3 Å². The fourth-order valence-corrected chi connectivity index (χ4v) is 4.06. The highest BCUT2D eigenvalue weighted by Crippen LogP contribution is 2.33. The summed E-state index contributed by atoms with van der Waals surface area (Å²) in [6.45, 7) is 7.03. The number of aryl methyl sites for hydroxylation is 2. The van der Waals surface area contributed by atoms with E-state index in [0.29, 0.717) is 11.9 Å². The van der Waals surface area contributed by atoms with E-state index in [0.717, 1.165) is 40.2 Å². The molecule has 0 aliphatic rings. The van der Waals surface area contributed by atoms with Crippen LogP contribution in [0.25, 0.3) is 16.8 Å². The Morgan fingerprint density at radius 1 is 0.947 bits per heavy atom. The lowest BCUT2D eigenvalue weighted by atomic mass is 10.1. The summed E-state index contributed by atoms with van der Waals surface area (Å²) >= 11 is 0. The van der Waals surface area contributed by atoms with Gasteiger partial charge in [0.2, 0.25) is 5.91 Å². The van der Waals surface area contributed by atoms with Crippen LogP contribution in [0.1, 0.15) is 25.1 Å². The molecule has 0 bridgehead atoms. The lowest BCUT2D eigenvalue weighted by Crippen LogP contribution is -2.44. The van der Waals surface area contributed by atoms with Crippen molar-refractivity contribution in [3.8, 4) is 16.8 Å². The summed E-state index contributed by atoms with van der Waals surface area (Å²) in [5, 5.41) is 10.1. The number of rotatable bonds is 7. The molecule has 0 fully saturated rings. The quantitative estimate of drug-likeness (QED) is 0.301. The van der Waals surface area contributed by atoms with Crippen LogP contribution in [0.4, 0.5) is 25.1 Å². The number of urea groups is 1. The molecule has 0 aliphatic heterocycles. The molecular formula is C29H29F2N5O2. The Morgan fingerprint density at radius 2 is 1.63 bits per heavy atom. The molecule has 3 aromatic carbocycles. The highest BCUT2D eigenvalue weighted by molar-refractivity contribution is 5.99. The number of hydrogen-bond acceptors (Lipinski definition) is 3. The van der Waals surface area contributed by atoms with Crippen LogP contribution in [0.2, 0.25) is 0 Å². The maximum Gasteiger partial charge on any atom is 0.322 e. The Bertz CT molecular complexity index is 1450. The Hall–Kier alpha value is -4.53. The molecule has 9 heteroatoms. The van der Waals surface area contributed by atoms with Crippen molar-refractivity contribution in [2.75, 3.05) is 17.2 Å². The molecule has 0 radical (unpaired) electrons. The van der Waals surface area contributed by atoms with E-state index in [4.69, 9.17) is 5.10 Å². The van der Waals surface area contributed by atoms with Crippen molar-refractivity contribution < 1.29 is 18.4 Å². The van der Waals surface area contributed by atoms with E-state index in [-0.39, 0.29) is 18.3 Å². The van der Waals surface area contributed by atoms with Crippen LogP contribution in [0.15, 0.2) is 72.8 Å². The van der Waals surface area contributed by atoms with Crippen LogP contribution in [-0.2, 0) is 4.79 Å². The monoisotopic (exact) mass is 517 g/mol. The average Bonchev–Trinajstić information content (AvgIpc) is 3.20. The maximum atomic E-state index is 14.1. The zero-order valence-electron chi connectivity index (χ0n) is 21.6. The van der Waals surface area contributed by atoms with Gasteiger partial charge in [-0.15, -0.1) is 0 Å². The molecule has 0 saturated heterocycles. The van der Waals surface area contributed by atoms with Crippen LogP contribution < -0.4 is 10.6 Å². The molecule has 0 spiro atoms. The number of nitrogens with zero attached hydrogens (tertiary/aromatic N) is 3. The number of nitrogens with one attached hydrogen (secondary N) is 2. The summed E-state index contributed by atoms with van der Waals surface area (Å²) in [4.78, 5) is 27.5. The molecule has 0 aliphatic carbocycles. The third kappa shape index (κ3) is 5.88. The average molecular weight is 518 g/mol. The van der Waals surface area contributed by atoms with E-state index in [1.54, 1.807) is 18.5 Å². The van der Waals surface area contributed by atoms with Gasteiger partial charge in [-0.05, 0) is 57.5 Å². The molecular weight excluding hydrogens is 488 g/mol. The lowest BCUT2D eigenvalue weighted by molar-refractivity contribution is -0.117. The van der Waals surface area contributed by atoms with E-state index in [1.165, 1.54) is 4.90 Å². The Kier molecular flexibility index (Phi) is 7.85. The van der Waals surface area contributed by atoms with Gasteiger partial charge in [0, 0.05) is 17.7 Å². The molecule has 3 amide bonds. The van der Waals surface area contributed by atoms with Crippen molar-refractivity contribution in [1.29, 1.82) is 0 Å². The molecule has 1 aromatic heterocycles. The van der Waals surface area contributed by atoms with Crippen LogP contribution in [-0.4, -0.2) is 39.2 Å². The van der Waals surface area contributed by atoms with Crippen molar-refractivity contribution >= 4 is 23.4 Å². The molecule has 4 aromatic rings. The van der Waals surface area contributed by atoms with Crippen LogP contribution >= 0.6 is 0 Å². The third-order valence-electron chi connectivity index (χ3n) is 6.03. The second kappa shape index (κ2) is 11.2. The van der Waals surface area contributed by atoms with E-state index in [1.807, 2.05) is 68.4 Å². The van der Waals surface area contributed by atoms with Crippen molar-refractivity contribution in [3.63, 3.8) is 0 Å². The summed E-state index contributed by atoms with van der Waals surface area (Å²) in [6, 6.07) is 19.1. The van der Waals surface area contributed by atoms with E-state index >= 15 is 0 Å². The van der Waals surface area contributed by atoms with Gasteiger partial charge in [0.1, 0.15) is 24.0 Å². The van der Waals surface area contributed by atoms with E-state index in [2.05, 4.69) is 10.6 Å². The van der Waals surface area contributed by atoms with Gasteiger partial charge in [0.25, 0.3) is 0 Å². The minimum Gasteiger partial charge on any atom is -0.313 e. The summed E-state index contributed by atoms with van der Waals surface area (Å²) < 4.78 is 29.0. The second-order valence-electron chi connectivity index (χ2n) is 9.25. The standard InChI is InChI=1S/C29H29F2N5O2/c1-18(2)35(29(38)32-25-15-12-22(30)16-24(25)31)17-26(37)33-28-27(21-8-6-5-7-9-21)20(4)34-36(28)23-13-10-19(3)11-14-23/h5-16,18H,17H2,1-4H3,(H,32,38)(H,33,37). The third-order valence-corrected chi connectivity index (χ3v) is 6.03. The molecule has 0 atom stereocenters. The molecule has 0 saturated carbocycles. The highest BCUT2D eigenvalue weighted by atomic mass is 19.1. The van der Waals surface area contributed by atoms with Gasteiger partial charge in [-0.3, -0.25) is 4.79 Å². The smallest absolute Gasteiger partial charge is 0.313 e. The number of halogens is 2. The molecule has 7 nitrogen and oxygen atoms in total. The van der Waals surface area contributed by atoms with Gasteiger partial charge >= 0.3 is 6.03 Å². The van der Waals surface area contributed by atoms with Gasteiger partial charge < -0.3 is 15.5 Å². The topological polar surface area (TPSA) is 79.3 Å². The van der Waals surface area contributed by atoms with Crippen molar-refractivity contribution in [3.05, 3.63) is 95.7 Å². The Morgan fingerprint density at radius 3 is 2.26 bits per heavy atom. The predicted molar refractivity (Wildman–Crippen MR) is 144 cm³/mol. The summed E-state index contributed by atoms with van der Waals surface area (Å²) in [5.74, 6) is -1.65. The van der Waals surface area contributed by atoms with Crippen LogP contribution in [0.5, 0.6) is 0 Å². The highest BCUT2D eigenvalue weighted by Gasteiger charge is 2.25. The Balaban J connectivity index is 1.63. The van der Waals surface area contributed by atoms with Crippen molar-refractivity contribution in [2.24, 2.45) is 0 Å². The summed E-state index contributed by atoms with van der Waals surface area (Å²) in [7, 11) is 0. The van der Waals surface area contributed by atoms with Crippen LogP contribution in [0, 0.1) is 25.5 Å². The normalized spacial score (nSPS) is 10.9. The van der Waals surface area contributed by atoms with Crippen molar-refractivity contribution in [1.82, 2.24) is 14.7 Å². The predicted octanol–water partition coefficient (Wildman–Crippen LogP) is 6.32. The maximum absolute atomic E-state index is 14.1. The van der Waals surface area contributed by atoms with E-state index in [9.17, 15) is 18.4 Å². The van der Waals surface area contributed by atoms with Crippen LogP contribution in [0.3, 0.4) is 0 Å². The first-order chi connectivity index (χ1) is 18.1. The van der Waals surface area contributed by atoms with Gasteiger partial charge in [-0.2, -0.15) is 5.10 Å². The second-order valence-corrected chi connectivity index (χ2v) is 9.25. The van der Waals surface area contributed by atoms with Gasteiger partial charge in [-0.1, -0.05) is 48.0 Å². The van der Waals surface area contributed by atoms with E-state index < -0.39 is 23.6 Å². The zero-order valence-corrected chi connectivity index (χ0v) is 21.6. The summed E-state index contributed by atoms with van der Waals surface area (Å²) in [5.41, 5.74) is 4.03. The largest absolute Gasteiger partial charge is 0.322 e. The molecule has 38 heavy (non-hydrogen) atoms. The molecule has 4 rings (SSSR count). The lowest BCUT2D eigenvalue weighted by Gasteiger charge is -2.26. The number of amides is 3. The molecule has 196 valence electrons. The minimum absolute atomic E-state index is 0.179.